The highest BCUT2D eigenvalue weighted by Gasteiger charge is 2.39. The molecule has 0 aromatic heterocycles. The molecule has 1 aromatic carbocycles. The van der Waals surface area contributed by atoms with Crippen LogP contribution in [0.3, 0.4) is 0 Å². The number of benzene rings is 1. The Kier molecular flexibility index (Phi) is 4.84. The van der Waals surface area contributed by atoms with E-state index in [0.717, 1.165) is 0 Å². The van der Waals surface area contributed by atoms with E-state index in [1.807, 2.05) is 0 Å². The van der Waals surface area contributed by atoms with Gasteiger partial charge in [-0.1, -0.05) is 6.07 Å². The van der Waals surface area contributed by atoms with E-state index in [0.29, 0.717) is 18.4 Å². The van der Waals surface area contributed by atoms with E-state index < -0.39 is 15.6 Å². The molecule has 0 heterocycles. The van der Waals surface area contributed by atoms with Crippen LogP contribution in [-0.2, 0) is 10.0 Å². The first-order chi connectivity index (χ1) is 10.5. The van der Waals surface area contributed by atoms with Crippen LogP contribution in [0.4, 0.5) is 0 Å². The van der Waals surface area contributed by atoms with E-state index >= 15 is 0 Å². The fourth-order valence-corrected chi connectivity index (χ4v) is 4.03. The van der Waals surface area contributed by atoms with Crippen molar-refractivity contribution in [2.75, 3.05) is 7.05 Å². The molecule has 1 saturated carbocycles. The Labute approximate surface area is 137 Å². The largest absolute Gasteiger partial charge is 0.390 e. The maximum absolute atomic E-state index is 12.5. The number of nitrogens with zero attached hydrogens (tertiary/aromatic N) is 1. The Morgan fingerprint density at radius 2 is 2.00 bits per heavy atom. The van der Waals surface area contributed by atoms with Crippen molar-refractivity contribution in [1.29, 1.82) is 0 Å². The number of aliphatic hydroxyl groups is 1. The Hall–Kier alpha value is -1.44. The van der Waals surface area contributed by atoms with Crippen LogP contribution < -0.4 is 5.32 Å². The Balaban J connectivity index is 2.15. The Morgan fingerprint density at radius 3 is 2.52 bits per heavy atom. The van der Waals surface area contributed by atoms with Crippen LogP contribution in [0.15, 0.2) is 29.2 Å². The highest BCUT2D eigenvalue weighted by molar-refractivity contribution is 7.89. The average molecular weight is 340 g/mol. The topological polar surface area (TPSA) is 86.7 Å². The molecule has 1 aromatic rings. The molecule has 1 amide bonds. The van der Waals surface area contributed by atoms with Crippen LogP contribution in [0.2, 0.25) is 0 Å². The van der Waals surface area contributed by atoms with E-state index in [1.165, 1.54) is 23.5 Å². The zero-order chi connectivity index (χ0) is 17.4. The highest BCUT2D eigenvalue weighted by atomic mass is 32.2. The molecule has 1 aliphatic carbocycles. The second kappa shape index (κ2) is 6.22. The van der Waals surface area contributed by atoms with Crippen LogP contribution in [0.25, 0.3) is 0 Å². The molecule has 2 rings (SSSR count). The zero-order valence-corrected chi connectivity index (χ0v) is 14.7. The number of amides is 1. The molecule has 23 heavy (non-hydrogen) atoms. The summed E-state index contributed by atoms with van der Waals surface area (Å²) >= 11 is 0. The summed E-state index contributed by atoms with van der Waals surface area (Å²) in [7, 11) is -2.10. The fourth-order valence-electron chi connectivity index (χ4n) is 2.61. The summed E-state index contributed by atoms with van der Waals surface area (Å²) in [5, 5.41) is 12.5. The van der Waals surface area contributed by atoms with Crippen LogP contribution in [0.1, 0.15) is 44.0 Å². The summed E-state index contributed by atoms with van der Waals surface area (Å²) in [5.41, 5.74) is -0.418. The van der Waals surface area contributed by atoms with Gasteiger partial charge in [0.2, 0.25) is 10.0 Å². The van der Waals surface area contributed by atoms with Crippen molar-refractivity contribution in [1.82, 2.24) is 9.62 Å². The lowest BCUT2D eigenvalue weighted by atomic mass is 9.77. The smallest absolute Gasteiger partial charge is 0.251 e. The first kappa shape index (κ1) is 17.9. The Morgan fingerprint density at radius 1 is 1.39 bits per heavy atom. The van der Waals surface area contributed by atoms with Gasteiger partial charge in [0.05, 0.1) is 10.5 Å². The quantitative estimate of drug-likeness (QED) is 0.847. The van der Waals surface area contributed by atoms with Crippen molar-refractivity contribution >= 4 is 15.9 Å². The van der Waals surface area contributed by atoms with E-state index in [1.54, 1.807) is 32.9 Å². The van der Waals surface area contributed by atoms with Crippen LogP contribution in [0, 0.1) is 0 Å². The zero-order valence-electron chi connectivity index (χ0n) is 13.9. The molecular weight excluding hydrogens is 316 g/mol. The minimum absolute atomic E-state index is 0.0731. The first-order valence-corrected chi connectivity index (χ1v) is 9.08. The van der Waals surface area contributed by atoms with Crippen molar-refractivity contribution in [3.8, 4) is 0 Å². The lowest BCUT2D eigenvalue weighted by Crippen LogP contribution is -2.53. The Bertz CT molecular complexity index is 690. The molecule has 0 aliphatic heterocycles. The number of hydrogen-bond donors (Lipinski definition) is 2. The monoisotopic (exact) mass is 340 g/mol. The molecule has 0 spiro atoms. The number of carbonyl (C=O) groups excluding carboxylic acids is 1. The molecule has 2 N–H and O–H groups in total. The molecule has 1 aliphatic rings. The number of nitrogens with one attached hydrogen (secondary N) is 1. The molecule has 128 valence electrons. The van der Waals surface area contributed by atoms with Crippen LogP contribution in [-0.4, -0.2) is 48.5 Å². The van der Waals surface area contributed by atoms with Gasteiger partial charge in [-0.05, 0) is 51.8 Å². The summed E-state index contributed by atoms with van der Waals surface area (Å²) < 4.78 is 26.2. The molecular formula is C16H24N2O4S. The van der Waals surface area contributed by atoms with E-state index in [9.17, 15) is 18.3 Å². The minimum atomic E-state index is -3.62. The third-order valence-electron chi connectivity index (χ3n) is 4.21. The lowest BCUT2D eigenvalue weighted by Gasteiger charge is -2.41. The van der Waals surface area contributed by atoms with Crippen LogP contribution >= 0.6 is 0 Å². The molecule has 0 saturated heterocycles. The van der Waals surface area contributed by atoms with Gasteiger partial charge in [0.15, 0.2) is 0 Å². The second-order valence-electron chi connectivity index (χ2n) is 6.72. The van der Waals surface area contributed by atoms with Gasteiger partial charge >= 0.3 is 0 Å². The molecule has 0 bridgehead atoms. The number of carbonyl (C=O) groups is 1. The van der Waals surface area contributed by atoms with Gasteiger partial charge in [0, 0.05) is 24.7 Å². The summed E-state index contributed by atoms with van der Waals surface area (Å²) in [6.07, 6.45) is 1.01. The third kappa shape index (κ3) is 3.91. The minimum Gasteiger partial charge on any atom is -0.390 e. The van der Waals surface area contributed by atoms with Gasteiger partial charge in [-0.25, -0.2) is 8.42 Å². The van der Waals surface area contributed by atoms with E-state index in [4.69, 9.17) is 0 Å². The molecule has 0 radical (unpaired) electrons. The van der Waals surface area contributed by atoms with Crippen LogP contribution in [0.5, 0.6) is 0 Å². The van der Waals surface area contributed by atoms with Crippen molar-refractivity contribution < 1.29 is 18.3 Å². The van der Waals surface area contributed by atoms with Gasteiger partial charge in [-0.15, -0.1) is 0 Å². The third-order valence-corrected chi connectivity index (χ3v) is 6.24. The molecule has 1 fully saturated rings. The number of hydrogen-bond acceptors (Lipinski definition) is 4. The number of sulfonamides is 1. The van der Waals surface area contributed by atoms with E-state index in [2.05, 4.69) is 5.32 Å². The summed E-state index contributed by atoms with van der Waals surface area (Å²) in [6.45, 7) is 5.30. The maximum Gasteiger partial charge on any atom is 0.251 e. The molecule has 0 atom stereocenters. The SMILES string of the molecule is CC(C)N(C)S(=O)(=O)c1cccc(C(=O)NC2CC(C)(O)C2)c1. The van der Waals surface area contributed by atoms with Gasteiger partial charge in [0.1, 0.15) is 0 Å². The standard InChI is InChI=1S/C16H24N2O4S/c1-11(2)18(4)23(21,22)14-7-5-6-12(8-14)15(19)17-13-9-16(3,20)10-13/h5-8,11,13,20H,9-10H2,1-4H3,(H,17,19). The number of rotatable bonds is 5. The first-order valence-electron chi connectivity index (χ1n) is 7.64. The van der Waals surface area contributed by atoms with E-state index in [-0.39, 0.29) is 22.9 Å². The van der Waals surface area contributed by atoms with Gasteiger partial charge < -0.3 is 10.4 Å². The molecule has 6 nitrogen and oxygen atoms in total. The summed E-state index contributed by atoms with van der Waals surface area (Å²) in [5.74, 6) is -0.324. The summed E-state index contributed by atoms with van der Waals surface area (Å²) in [4.78, 5) is 12.3. The lowest BCUT2D eigenvalue weighted by molar-refractivity contribution is -0.0366. The van der Waals surface area contributed by atoms with Gasteiger partial charge in [-0.2, -0.15) is 4.31 Å². The predicted molar refractivity (Wildman–Crippen MR) is 87.6 cm³/mol. The predicted octanol–water partition coefficient (Wildman–Crippen LogP) is 1.36. The normalized spacial score (nSPS) is 24.6. The van der Waals surface area contributed by atoms with Crippen molar-refractivity contribution in [3.05, 3.63) is 29.8 Å². The van der Waals surface area contributed by atoms with Crippen molar-refractivity contribution in [3.63, 3.8) is 0 Å². The van der Waals surface area contributed by atoms with Crippen molar-refractivity contribution in [2.45, 2.75) is 56.2 Å². The van der Waals surface area contributed by atoms with Gasteiger partial charge in [0.25, 0.3) is 5.91 Å². The molecule has 7 heteroatoms. The maximum atomic E-state index is 12.5. The van der Waals surface area contributed by atoms with Gasteiger partial charge in [-0.3, -0.25) is 4.79 Å². The van der Waals surface area contributed by atoms with Crippen molar-refractivity contribution in [2.24, 2.45) is 0 Å². The highest BCUT2D eigenvalue weighted by Crippen LogP contribution is 2.31. The average Bonchev–Trinajstić information content (AvgIpc) is 2.44. The summed E-state index contributed by atoms with van der Waals surface area (Å²) in [6, 6.07) is 5.78. The molecule has 0 unspecified atom stereocenters. The fraction of sp³-hybridized carbons (Fsp3) is 0.562. The second-order valence-corrected chi connectivity index (χ2v) is 8.72.